The highest BCUT2D eigenvalue weighted by atomic mass is 32.1. The van der Waals surface area contributed by atoms with Gasteiger partial charge in [-0.1, -0.05) is 30.7 Å². The minimum absolute atomic E-state index is 0.319. The van der Waals surface area contributed by atoms with E-state index in [1.165, 1.54) is 6.34 Å². The van der Waals surface area contributed by atoms with Gasteiger partial charge in [-0.25, -0.2) is 0 Å². The molecule has 1 heterocycles. The number of benzene rings is 2. The lowest BCUT2D eigenvalue weighted by atomic mass is 10.0. The standard InChI is InChI=1S/C20H26N6OS/c1-5-6-9-22-20-26(4)17-16-10-14(13(3)25-24-11-23-21)7-8-15(16)18(27)12(2)19(17)28-20/h7-8,10-11,27H,5-6,9,21H2,1-4H3,(H,23,24). The van der Waals surface area contributed by atoms with E-state index in [-0.39, 0.29) is 0 Å². The van der Waals surface area contributed by atoms with Crippen molar-refractivity contribution in [3.8, 4) is 5.75 Å². The van der Waals surface area contributed by atoms with Gasteiger partial charge >= 0.3 is 0 Å². The molecule has 4 N–H and O–H groups in total. The highest BCUT2D eigenvalue weighted by molar-refractivity contribution is 7.16. The average molecular weight is 399 g/mol. The van der Waals surface area contributed by atoms with Crippen LogP contribution in [0.25, 0.3) is 21.0 Å². The van der Waals surface area contributed by atoms with E-state index in [1.807, 2.05) is 33.0 Å². The van der Waals surface area contributed by atoms with Crippen LogP contribution in [0.15, 0.2) is 33.4 Å². The van der Waals surface area contributed by atoms with Crippen LogP contribution in [0.2, 0.25) is 0 Å². The summed E-state index contributed by atoms with van der Waals surface area (Å²) in [5.74, 6) is 5.40. The van der Waals surface area contributed by atoms with Gasteiger partial charge in [-0.05, 0) is 38.0 Å². The van der Waals surface area contributed by atoms with Gasteiger partial charge in [0.1, 0.15) is 12.1 Å². The summed E-state index contributed by atoms with van der Waals surface area (Å²) in [6, 6.07) is 5.94. The second-order valence-electron chi connectivity index (χ2n) is 6.70. The van der Waals surface area contributed by atoms with Crippen LogP contribution >= 0.6 is 11.3 Å². The van der Waals surface area contributed by atoms with Crippen LogP contribution in [-0.4, -0.2) is 28.3 Å². The Morgan fingerprint density at radius 3 is 2.86 bits per heavy atom. The third kappa shape index (κ3) is 3.60. The summed E-state index contributed by atoms with van der Waals surface area (Å²) in [6.45, 7) is 6.84. The van der Waals surface area contributed by atoms with Gasteiger partial charge in [0.05, 0.1) is 15.9 Å². The van der Waals surface area contributed by atoms with Gasteiger partial charge in [0.25, 0.3) is 0 Å². The number of aryl methyl sites for hydroxylation is 2. The van der Waals surface area contributed by atoms with Crippen molar-refractivity contribution < 1.29 is 5.11 Å². The number of thiazole rings is 1. The lowest BCUT2D eigenvalue weighted by Crippen LogP contribution is -2.11. The fourth-order valence-electron chi connectivity index (χ4n) is 3.19. The molecule has 0 saturated carbocycles. The molecule has 0 unspecified atom stereocenters. The predicted octanol–water partition coefficient (Wildman–Crippen LogP) is 3.32. The number of fused-ring (bicyclic) bond motifs is 3. The summed E-state index contributed by atoms with van der Waals surface area (Å²) < 4.78 is 3.18. The number of nitrogens with zero attached hydrogens (tertiary/aromatic N) is 4. The molecule has 8 heteroatoms. The van der Waals surface area contributed by atoms with E-state index >= 15 is 0 Å². The van der Waals surface area contributed by atoms with E-state index in [0.717, 1.165) is 62.0 Å². The van der Waals surface area contributed by atoms with E-state index < -0.39 is 0 Å². The Bertz CT molecular complexity index is 1140. The number of nitrogens with two attached hydrogens (primary N) is 1. The summed E-state index contributed by atoms with van der Waals surface area (Å²) in [6.07, 6.45) is 3.50. The van der Waals surface area contributed by atoms with Crippen molar-refractivity contribution in [2.45, 2.75) is 33.6 Å². The van der Waals surface area contributed by atoms with Crippen molar-refractivity contribution >= 4 is 44.4 Å². The van der Waals surface area contributed by atoms with E-state index in [4.69, 9.17) is 10.8 Å². The number of nitrogens with one attached hydrogen (secondary N) is 1. The molecule has 28 heavy (non-hydrogen) atoms. The Balaban J connectivity index is 2.26. The van der Waals surface area contributed by atoms with Crippen molar-refractivity contribution in [2.24, 2.45) is 28.1 Å². The third-order valence-electron chi connectivity index (χ3n) is 4.80. The van der Waals surface area contributed by atoms with Gasteiger partial charge in [-0.15, -0.1) is 0 Å². The first-order valence-corrected chi connectivity index (χ1v) is 10.1. The summed E-state index contributed by atoms with van der Waals surface area (Å²) in [5.41, 5.74) is 6.40. The molecule has 148 valence electrons. The van der Waals surface area contributed by atoms with Crippen LogP contribution in [0.3, 0.4) is 0 Å². The van der Waals surface area contributed by atoms with Crippen molar-refractivity contribution in [1.29, 1.82) is 0 Å². The van der Waals surface area contributed by atoms with Crippen molar-refractivity contribution in [2.75, 3.05) is 6.54 Å². The molecule has 3 rings (SSSR count). The van der Waals surface area contributed by atoms with Crippen LogP contribution in [0.1, 0.15) is 37.8 Å². The zero-order valence-corrected chi connectivity index (χ0v) is 17.5. The Labute approximate surface area is 167 Å². The number of hydrazone groups is 2. The normalized spacial score (nSPS) is 13.3. The highest BCUT2D eigenvalue weighted by Gasteiger charge is 2.16. The molecule has 0 bridgehead atoms. The first kappa shape index (κ1) is 19.9. The minimum atomic E-state index is 0.319. The molecular formula is C20H26N6OS. The zero-order valence-electron chi connectivity index (χ0n) is 16.7. The lowest BCUT2D eigenvalue weighted by molar-refractivity contribution is 0.478. The Hall–Kier alpha value is -2.87. The molecule has 0 aliphatic rings. The highest BCUT2D eigenvalue weighted by Crippen LogP contribution is 2.38. The quantitative estimate of drug-likeness (QED) is 0.195. The van der Waals surface area contributed by atoms with Gasteiger partial charge in [0.2, 0.25) is 0 Å². The van der Waals surface area contributed by atoms with E-state index in [1.54, 1.807) is 11.3 Å². The number of hydrogen-bond donors (Lipinski definition) is 3. The Morgan fingerprint density at radius 2 is 2.14 bits per heavy atom. The number of hydrogen-bond acceptors (Lipinski definition) is 6. The minimum Gasteiger partial charge on any atom is -0.507 e. The first-order chi connectivity index (χ1) is 13.5. The number of unbranched alkanes of at least 4 members (excludes halogenated alkanes) is 1. The first-order valence-electron chi connectivity index (χ1n) is 9.26. The molecule has 0 radical (unpaired) electrons. The molecule has 0 atom stereocenters. The lowest BCUT2D eigenvalue weighted by Gasteiger charge is -2.10. The molecule has 0 amide bonds. The molecule has 3 aromatic rings. The maximum absolute atomic E-state index is 10.8. The molecule has 2 aromatic carbocycles. The van der Waals surface area contributed by atoms with Gasteiger partial charge in [-0.3, -0.25) is 10.4 Å². The molecule has 7 nitrogen and oxygen atoms in total. The van der Waals surface area contributed by atoms with Crippen molar-refractivity contribution in [3.05, 3.63) is 34.1 Å². The van der Waals surface area contributed by atoms with Crippen LogP contribution < -0.4 is 16.1 Å². The second kappa shape index (κ2) is 8.43. The topological polar surface area (TPSA) is 100 Å². The zero-order chi connectivity index (χ0) is 20.3. The van der Waals surface area contributed by atoms with Crippen LogP contribution in [-0.2, 0) is 7.05 Å². The van der Waals surface area contributed by atoms with Gasteiger partial charge in [0.15, 0.2) is 4.80 Å². The van der Waals surface area contributed by atoms with E-state index in [9.17, 15) is 5.11 Å². The summed E-state index contributed by atoms with van der Waals surface area (Å²) >= 11 is 1.62. The van der Waals surface area contributed by atoms with Crippen molar-refractivity contribution in [1.82, 2.24) is 9.99 Å². The number of phenols is 1. The maximum Gasteiger partial charge on any atom is 0.185 e. The number of aromatic nitrogens is 1. The number of rotatable bonds is 6. The Kier molecular flexibility index (Phi) is 5.99. The fourth-order valence-corrected chi connectivity index (χ4v) is 4.35. The SMILES string of the molecule is CCCCN=c1sc2c(C)c(O)c3ccc(C(C)=NNC=NN)cc3c2n1C. The largest absolute Gasteiger partial charge is 0.507 e. The molecule has 0 aliphatic carbocycles. The number of phenolic OH excluding ortho intramolecular Hbond substituents is 1. The summed E-state index contributed by atoms with van der Waals surface area (Å²) in [4.78, 5) is 5.73. The van der Waals surface area contributed by atoms with Gasteiger partial charge in [0, 0.05) is 29.9 Å². The Morgan fingerprint density at radius 1 is 1.36 bits per heavy atom. The smallest absolute Gasteiger partial charge is 0.185 e. The summed E-state index contributed by atoms with van der Waals surface area (Å²) in [5, 5.41) is 20.2. The molecule has 0 aliphatic heterocycles. The second-order valence-corrected chi connectivity index (χ2v) is 7.67. The average Bonchev–Trinajstić information content (AvgIpc) is 3.03. The van der Waals surface area contributed by atoms with Crippen LogP contribution in [0.5, 0.6) is 5.75 Å². The fraction of sp³-hybridized carbons (Fsp3) is 0.350. The number of aromatic hydroxyl groups is 1. The van der Waals surface area contributed by atoms with Crippen LogP contribution in [0.4, 0.5) is 0 Å². The molecule has 1 aromatic heterocycles. The van der Waals surface area contributed by atoms with Crippen LogP contribution in [0, 0.1) is 6.92 Å². The van der Waals surface area contributed by atoms with Gasteiger partial charge < -0.3 is 15.5 Å². The monoisotopic (exact) mass is 398 g/mol. The maximum atomic E-state index is 10.8. The molecule has 0 spiro atoms. The van der Waals surface area contributed by atoms with Gasteiger partial charge in [-0.2, -0.15) is 10.2 Å². The molecular weight excluding hydrogens is 372 g/mol. The predicted molar refractivity (Wildman–Crippen MR) is 118 cm³/mol. The molecule has 0 fully saturated rings. The molecule has 0 saturated heterocycles. The third-order valence-corrected chi connectivity index (χ3v) is 6.09. The van der Waals surface area contributed by atoms with E-state index in [2.05, 4.69) is 33.2 Å². The van der Waals surface area contributed by atoms with Crippen molar-refractivity contribution in [3.63, 3.8) is 0 Å². The summed E-state index contributed by atoms with van der Waals surface area (Å²) in [7, 11) is 2.03. The van der Waals surface area contributed by atoms with E-state index in [0.29, 0.717) is 5.75 Å².